The molecule has 1 aliphatic rings. The molecule has 0 bridgehead atoms. The van der Waals surface area contributed by atoms with Crippen molar-refractivity contribution in [2.24, 2.45) is 0 Å². The van der Waals surface area contributed by atoms with Crippen molar-refractivity contribution < 1.29 is 9.90 Å². The maximum Gasteiger partial charge on any atom is 0.277 e. The number of ketones is 1. The molecule has 0 fully saturated rings. The number of aromatic nitrogens is 2. The third kappa shape index (κ3) is 2.27. The van der Waals surface area contributed by atoms with Crippen molar-refractivity contribution >= 4 is 35.9 Å². The number of nitrogens with two attached hydrogens (primary N) is 1. The van der Waals surface area contributed by atoms with Crippen molar-refractivity contribution in [1.29, 1.82) is 0 Å². The van der Waals surface area contributed by atoms with E-state index in [1.165, 1.54) is 0 Å². The van der Waals surface area contributed by atoms with Crippen molar-refractivity contribution in [2.45, 2.75) is 5.25 Å². The molecule has 1 unspecified atom stereocenters. The van der Waals surface area contributed by atoms with Gasteiger partial charge in [-0.1, -0.05) is 0 Å². The maximum atomic E-state index is 11.7. The van der Waals surface area contributed by atoms with Crippen molar-refractivity contribution in [3.05, 3.63) is 10.4 Å². The van der Waals surface area contributed by atoms with Crippen molar-refractivity contribution in [1.82, 2.24) is 9.97 Å². The Labute approximate surface area is 108 Å². The van der Waals surface area contributed by atoms with Crippen LogP contribution in [0.15, 0.2) is 4.79 Å². The van der Waals surface area contributed by atoms with Gasteiger partial charge in [0.05, 0.1) is 25.1 Å². The summed E-state index contributed by atoms with van der Waals surface area (Å²) in [5.41, 5.74) is 5.36. The Kier molecular flexibility index (Phi) is 3.43. The van der Waals surface area contributed by atoms with Gasteiger partial charge >= 0.3 is 0 Å². The Bertz CT molecular complexity index is 531. The lowest BCUT2D eigenvalue weighted by atomic mass is 10.2. The topological polar surface area (TPSA) is 124 Å². The molecule has 0 saturated heterocycles. The van der Waals surface area contributed by atoms with Crippen LogP contribution >= 0.6 is 12.6 Å². The number of hydrogen-bond acceptors (Lipinski definition) is 8. The Balaban J connectivity index is 2.22. The highest BCUT2D eigenvalue weighted by molar-refractivity contribution is 7.81. The van der Waals surface area contributed by atoms with E-state index in [0.717, 1.165) is 0 Å². The average molecular weight is 271 g/mol. The van der Waals surface area contributed by atoms with E-state index in [1.807, 2.05) is 0 Å². The largest absolute Gasteiger partial charge is 0.395 e. The molecule has 9 heteroatoms. The molecule has 98 valence electrons. The van der Waals surface area contributed by atoms with E-state index in [4.69, 9.17) is 10.8 Å². The smallest absolute Gasteiger partial charge is 0.277 e. The number of rotatable bonds is 4. The normalized spacial score (nSPS) is 15.1. The van der Waals surface area contributed by atoms with Crippen molar-refractivity contribution in [3.63, 3.8) is 0 Å². The van der Waals surface area contributed by atoms with Crippen LogP contribution in [0.3, 0.4) is 0 Å². The summed E-state index contributed by atoms with van der Waals surface area (Å²) in [6.45, 7) is -0.0435. The van der Waals surface area contributed by atoms with E-state index in [9.17, 15) is 9.59 Å². The molecule has 2 heterocycles. The number of Topliss-reactive ketones (excluding diaryl/α,β-unsaturated/α-hetero) is 1. The lowest BCUT2D eigenvalue weighted by Gasteiger charge is -2.17. The zero-order valence-electron chi connectivity index (χ0n) is 9.38. The number of aliphatic hydroxyl groups excluding tert-OH is 1. The van der Waals surface area contributed by atoms with Gasteiger partial charge in [0.1, 0.15) is 5.69 Å². The molecule has 18 heavy (non-hydrogen) atoms. The Morgan fingerprint density at radius 1 is 1.67 bits per heavy atom. The van der Waals surface area contributed by atoms with Gasteiger partial charge in [-0.25, -0.2) is 0 Å². The summed E-state index contributed by atoms with van der Waals surface area (Å²) in [5.74, 6) is 0.0729. The number of carbonyl (C=O) groups is 1. The average Bonchev–Trinajstić information content (AvgIpc) is 2.71. The number of carbonyl (C=O) groups excluding carboxylic acids is 1. The first-order valence-electron chi connectivity index (χ1n) is 5.23. The first-order valence-corrected chi connectivity index (χ1v) is 5.75. The van der Waals surface area contributed by atoms with Gasteiger partial charge in [-0.3, -0.25) is 14.6 Å². The predicted octanol–water partition coefficient (Wildman–Crippen LogP) is -1.60. The van der Waals surface area contributed by atoms with Crippen molar-refractivity contribution in [3.8, 4) is 0 Å². The summed E-state index contributed by atoms with van der Waals surface area (Å²) in [4.78, 5) is 31.1. The number of nitrogens with one attached hydrogen (secondary N) is 2. The first-order chi connectivity index (χ1) is 8.52. The monoisotopic (exact) mass is 271 g/mol. The van der Waals surface area contributed by atoms with Crippen LogP contribution in [0.1, 0.15) is 0 Å². The van der Waals surface area contributed by atoms with E-state index >= 15 is 0 Å². The summed E-state index contributed by atoms with van der Waals surface area (Å²) >= 11 is 3.95. The number of aromatic amines is 1. The number of H-pyrrole nitrogens is 1. The Morgan fingerprint density at radius 3 is 3.06 bits per heavy atom. The van der Waals surface area contributed by atoms with Gasteiger partial charge in [-0.15, -0.1) is 0 Å². The number of anilines is 3. The van der Waals surface area contributed by atoms with Crippen LogP contribution in [-0.4, -0.2) is 45.9 Å². The van der Waals surface area contributed by atoms with Crippen LogP contribution < -0.4 is 21.5 Å². The van der Waals surface area contributed by atoms with Crippen LogP contribution in [0, 0.1) is 0 Å². The van der Waals surface area contributed by atoms with E-state index in [-0.39, 0.29) is 42.8 Å². The van der Waals surface area contributed by atoms with Gasteiger partial charge in [0, 0.05) is 0 Å². The molecule has 0 amide bonds. The molecule has 0 spiro atoms. The summed E-state index contributed by atoms with van der Waals surface area (Å²) in [6.07, 6.45) is 0. The maximum absolute atomic E-state index is 11.7. The third-order valence-electron chi connectivity index (χ3n) is 2.56. The highest BCUT2D eigenvalue weighted by Crippen LogP contribution is 2.25. The number of aliphatic hydroxyl groups is 1. The second-order valence-electron chi connectivity index (χ2n) is 3.85. The summed E-state index contributed by atoms with van der Waals surface area (Å²) in [5, 5.41) is 10.9. The van der Waals surface area contributed by atoms with E-state index < -0.39 is 5.25 Å². The molecule has 1 atom stereocenters. The minimum absolute atomic E-state index is 0.00458. The number of fused-ring (bicyclic) bond motifs is 1. The number of hydrogen-bond donors (Lipinski definition) is 5. The molecular weight excluding hydrogens is 258 g/mol. The standard InChI is InChI=1S/C9H13N5O3S/c10-9-12-7-6(8(17)13-9)11-3-14(7)1-4(16)5(18)2-15/h5,11,15,18H,1-3H2,(H3,10,12,13,17). The molecule has 0 saturated carbocycles. The first kappa shape index (κ1) is 12.7. The highest BCUT2D eigenvalue weighted by Gasteiger charge is 2.26. The molecule has 0 aliphatic carbocycles. The summed E-state index contributed by atoms with van der Waals surface area (Å²) < 4.78 is 0. The summed E-state index contributed by atoms with van der Waals surface area (Å²) in [6, 6.07) is 0. The minimum atomic E-state index is -0.742. The second kappa shape index (κ2) is 4.86. The van der Waals surface area contributed by atoms with Crippen LogP contribution in [0.2, 0.25) is 0 Å². The van der Waals surface area contributed by atoms with Gasteiger partial charge in [0.15, 0.2) is 11.6 Å². The van der Waals surface area contributed by atoms with Gasteiger partial charge in [-0.2, -0.15) is 17.6 Å². The number of nitrogens with zero attached hydrogens (tertiary/aromatic N) is 2. The van der Waals surface area contributed by atoms with E-state index in [1.54, 1.807) is 4.90 Å². The van der Waals surface area contributed by atoms with Crippen LogP contribution in [0.5, 0.6) is 0 Å². The Morgan fingerprint density at radius 2 is 2.39 bits per heavy atom. The van der Waals surface area contributed by atoms with Gasteiger partial charge < -0.3 is 21.1 Å². The van der Waals surface area contributed by atoms with Gasteiger partial charge in [-0.05, 0) is 0 Å². The molecule has 1 aromatic heterocycles. The van der Waals surface area contributed by atoms with Gasteiger partial charge in [0.2, 0.25) is 5.95 Å². The van der Waals surface area contributed by atoms with Crippen LogP contribution in [-0.2, 0) is 4.79 Å². The molecule has 5 N–H and O–H groups in total. The van der Waals surface area contributed by atoms with E-state index in [2.05, 4.69) is 27.9 Å². The van der Waals surface area contributed by atoms with Crippen LogP contribution in [0.25, 0.3) is 0 Å². The predicted molar refractivity (Wildman–Crippen MR) is 70.0 cm³/mol. The fourth-order valence-electron chi connectivity index (χ4n) is 1.64. The number of thiol groups is 1. The molecule has 0 radical (unpaired) electrons. The molecular formula is C9H13N5O3S. The lowest BCUT2D eigenvalue weighted by Crippen LogP contribution is -2.35. The molecule has 8 nitrogen and oxygen atoms in total. The Hall–Kier alpha value is -1.74. The zero-order valence-corrected chi connectivity index (χ0v) is 10.3. The third-order valence-corrected chi connectivity index (χ3v) is 3.01. The lowest BCUT2D eigenvalue weighted by molar-refractivity contribution is -0.117. The fraction of sp³-hybridized carbons (Fsp3) is 0.444. The highest BCUT2D eigenvalue weighted by atomic mass is 32.1. The zero-order chi connectivity index (χ0) is 13.3. The SMILES string of the molecule is Nc1nc2c(c(=O)[nH]1)NCN2CC(=O)C(S)CO. The van der Waals surface area contributed by atoms with Crippen LogP contribution in [0.4, 0.5) is 17.5 Å². The number of nitrogen functional groups attached to an aromatic ring is 1. The summed E-state index contributed by atoms with van der Waals surface area (Å²) in [7, 11) is 0. The minimum Gasteiger partial charge on any atom is -0.395 e. The van der Waals surface area contributed by atoms with Gasteiger partial charge in [0.25, 0.3) is 5.56 Å². The van der Waals surface area contributed by atoms with Crippen molar-refractivity contribution in [2.75, 3.05) is 35.8 Å². The second-order valence-corrected chi connectivity index (χ2v) is 4.47. The van der Waals surface area contributed by atoms with E-state index in [0.29, 0.717) is 5.82 Å². The quantitative estimate of drug-likeness (QED) is 0.418. The molecule has 1 aliphatic heterocycles. The molecule has 1 aromatic rings. The molecule has 2 rings (SSSR count). The fourth-order valence-corrected chi connectivity index (χ4v) is 1.72. The molecule has 0 aromatic carbocycles.